The van der Waals surface area contributed by atoms with Gasteiger partial charge in [0.15, 0.2) is 0 Å². The van der Waals surface area contributed by atoms with Crippen molar-refractivity contribution in [3.8, 4) is 17.2 Å². The average Bonchev–Trinajstić information content (AvgIpc) is 2.94. The second-order valence-corrected chi connectivity index (χ2v) is 9.30. The summed E-state index contributed by atoms with van der Waals surface area (Å²) in [6.45, 7) is 5.12. The highest BCUT2D eigenvalue weighted by Crippen LogP contribution is 2.23. The number of aryl methyl sites for hydroxylation is 2. The van der Waals surface area contributed by atoms with E-state index in [9.17, 15) is 9.90 Å². The summed E-state index contributed by atoms with van der Waals surface area (Å²) in [4.78, 5) is 12.4. The Morgan fingerprint density at radius 3 is 2.00 bits per heavy atom. The maximum absolute atomic E-state index is 12.4. The average molecular weight is 515 g/mol. The van der Waals surface area contributed by atoms with Crippen LogP contribution < -0.4 is 14.2 Å². The lowest BCUT2D eigenvalue weighted by atomic mass is 10.0. The Labute approximate surface area is 224 Å². The van der Waals surface area contributed by atoms with Gasteiger partial charge >= 0.3 is 5.97 Å². The van der Waals surface area contributed by atoms with Crippen molar-refractivity contribution in [2.24, 2.45) is 5.92 Å². The molecule has 0 spiro atoms. The molecule has 198 valence electrons. The fraction of sp³-hybridized carbons (Fsp3) is 0.281. The Morgan fingerprint density at radius 2 is 1.39 bits per heavy atom. The van der Waals surface area contributed by atoms with Crippen LogP contribution in [0.3, 0.4) is 0 Å². The van der Waals surface area contributed by atoms with Gasteiger partial charge in [-0.1, -0.05) is 41.5 Å². The molecule has 0 aromatic heterocycles. The van der Waals surface area contributed by atoms with Gasteiger partial charge in [0.05, 0.1) is 19.1 Å². The van der Waals surface area contributed by atoms with Gasteiger partial charge in [0.2, 0.25) is 6.29 Å². The minimum atomic E-state index is -1.04. The first kappa shape index (κ1) is 27.0. The maximum Gasteiger partial charge on any atom is 0.318 e. The minimum absolute atomic E-state index is 0.265. The van der Waals surface area contributed by atoms with Crippen molar-refractivity contribution in [1.82, 2.24) is 0 Å². The lowest BCUT2D eigenvalue weighted by Gasteiger charge is -2.16. The molecule has 0 bridgehead atoms. The zero-order valence-corrected chi connectivity index (χ0v) is 21.8. The number of hydrogen-bond donors (Lipinski definition) is 1. The standard InChI is InChI=1S/C32H34O6/c1-23-5-13-29(14-6-23)37-31(33)25-9-17-27(18-10-25)35-21-3-4-22-36-28-19-11-26(12-20-28)32(34)38-30-15-7-24(2)8-16-30/h5-11,13-20,26,31,33H,3-4,12,21-22H2,1-2H3. The molecule has 1 N–H and O–H groups in total. The summed E-state index contributed by atoms with van der Waals surface area (Å²) in [6, 6.07) is 22.2. The molecule has 0 fully saturated rings. The normalized spacial score (nSPS) is 15.3. The van der Waals surface area contributed by atoms with E-state index >= 15 is 0 Å². The van der Waals surface area contributed by atoms with Crippen LogP contribution in [-0.4, -0.2) is 24.3 Å². The Morgan fingerprint density at radius 1 is 0.816 bits per heavy atom. The van der Waals surface area contributed by atoms with Crippen molar-refractivity contribution in [1.29, 1.82) is 0 Å². The smallest absolute Gasteiger partial charge is 0.318 e. The number of rotatable bonds is 12. The molecule has 1 aliphatic carbocycles. The fourth-order valence-corrected chi connectivity index (χ4v) is 3.81. The van der Waals surface area contributed by atoms with Crippen LogP contribution in [0.4, 0.5) is 0 Å². The number of esters is 1. The predicted octanol–water partition coefficient (Wildman–Crippen LogP) is 6.61. The van der Waals surface area contributed by atoms with Crippen LogP contribution in [0.25, 0.3) is 0 Å². The number of aliphatic hydroxyl groups is 1. The second-order valence-electron chi connectivity index (χ2n) is 9.30. The number of allylic oxidation sites excluding steroid dienone is 2. The van der Waals surface area contributed by atoms with Crippen LogP contribution in [-0.2, 0) is 9.53 Å². The third-order valence-corrected chi connectivity index (χ3v) is 6.12. The van der Waals surface area contributed by atoms with Crippen LogP contribution in [0.5, 0.6) is 17.2 Å². The van der Waals surface area contributed by atoms with Crippen molar-refractivity contribution < 1.29 is 28.8 Å². The van der Waals surface area contributed by atoms with E-state index in [1.54, 1.807) is 24.3 Å². The molecule has 0 amide bonds. The van der Waals surface area contributed by atoms with E-state index < -0.39 is 6.29 Å². The van der Waals surface area contributed by atoms with Crippen LogP contribution in [0.2, 0.25) is 0 Å². The summed E-state index contributed by atoms with van der Waals surface area (Å²) in [5, 5.41) is 10.3. The first-order valence-corrected chi connectivity index (χ1v) is 12.9. The Balaban J connectivity index is 1.09. The molecule has 0 saturated carbocycles. The van der Waals surface area contributed by atoms with Crippen LogP contribution in [0.15, 0.2) is 96.8 Å². The van der Waals surface area contributed by atoms with E-state index in [-0.39, 0.29) is 11.9 Å². The van der Waals surface area contributed by atoms with E-state index in [0.717, 1.165) is 35.5 Å². The summed E-state index contributed by atoms with van der Waals surface area (Å²) in [6.07, 6.45) is 6.78. The molecular weight excluding hydrogens is 480 g/mol. The minimum Gasteiger partial charge on any atom is -0.494 e. The lowest BCUT2D eigenvalue weighted by molar-refractivity contribution is -0.137. The summed E-state index contributed by atoms with van der Waals surface area (Å²) < 4.78 is 22.7. The number of hydrogen-bond acceptors (Lipinski definition) is 6. The Bertz CT molecular complexity index is 1230. The SMILES string of the molecule is Cc1ccc(OC(=O)C2C=CC(OCCCCOc3ccc(C(O)Oc4ccc(C)cc4)cc3)=CC2)cc1. The van der Waals surface area contributed by atoms with E-state index in [1.165, 1.54) is 0 Å². The van der Waals surface area contributed by atoms with Crippen LogP contribution in [0, 0.1) is 19.8 Å². The molecule has 2 atom stereocenters. The monoisotopic (exact) mass is 514 g/mol. The van der Waals surface area contributed by atoms with Gasteiger partial charge in [0.1, 0.15) is 23.0 Å². The molecule has 6 nitrogen and oxygen atoms in total. The Kier molecular flexibility index (Phi) is 9.59. The van der Waals surface area contributed by atoms with Gasteiger partial charge in [-0.25, -0.2) is 0 Å². The number of aliphatic hydroxyl groups excluding tert-OH is 1. The molecular formula is C32H34O6. The summed E-state index contributed by atoms with van der Waals surface area (Å²) in [5.74, 6) is 2.11. The van der Waals surface area contributed by atoms with Gasteiger partial charge in [-0.05, 0) is 93.8 Å². The molecule has 0 saturated heterocycles. The highest BCUT2D eigenvalue weighted by molar-refractivity contribution is 5.77. The maximum atomic E-state index is 12.4. The molecule has 3 aromatic carbocycles. The first-order valence-electron chi connectivity index (χ1n) is 12.9. The summed E-state index contributed by atoms with van der Waals surface area (Å²) in [5.41, 5.74) is 2.91. The van der Waals surface area contributed by atoms with Gasteiger partial charge in [-0.15, -0.1) is 0 Å². The van der Waals surface area contributed by atoms with Crippen LogP contribution in [0.1, 0.15) is 42.2 Å². The highest BCUT2D eigenvalue weighted by atomic mass is 16.6. The van der Waals surface area contributed by atoms with E-state index in [1.807, 2.05) is 80.6 Å². The lowest BCUT2D eigenvalue weighted by Crippen LogP contribution is -2.20. The summed E-state index contributed by atoms with van der Waals surface area (Å²) >= 11 is 0. The number of unbranched alkanes of at least 4 members (excludes halogenated alkanes) is 1. The Hall–Kier alpha value is -4.03. The van der Waals surface area contributed by atoms with E-state index in [0.29, 0.717) is 36.7 Å². The van der Waals surface area contributed by atoms with Crippen molar-refractivity contribution in [3.63, 3.8) is 0 Å². The molecule has 1 aliphatic rings. The van der Waals surface area contributed by atoms with Gasteiger partial charge in [0.25, 0.3) is 0 Å². The molecule has 4 rings (SSSR count). The first-order chi connectivity index (χ1) is 18.5. The topological polar surface area (TPSA) is 74.2 Å². The van der Waals surface area contributed by atoms with Crippen molar-refractivity contribution >= 4 is 5.97 Å². The molecule has 3 aromatic rings. The predicted molar refractivity (Wildman–Crippen MR) is 146 cm³/mol. The number of carbonyl (C=O) groups excluding carboxylic acids is 1. The number of carbonyl (C=O) groups is 1. The van der Waals surface area contributed by atoms with Gasteiger partial charge in [0, 0.05) is 5.56 Å². The van der Waals surface area contributed by atoms with Crippen LogP contribution >= 0.6 is 0 Å². The van der Waals surface area contributed by atoms with Crippen molar-refractivity contribution in [2.45, 2.75) is 39.4 Å². The number of ether oxygens (including phenoxy) is 4. The molecule has 38 heavy (non-hydrogen) atoms. The largest absolute Gasteiger partial charge is 0.494 e. The third-order valence-electron chi connectivity index (χ3n) is 6.12. The van der Waals surface area contributed by atoms with Gasteiger partial charge < -0.3 is 24.1 Å². The van der Waals surface area contributed by atoms with Crippen molar-refractivity contribution in [2.75, 3.05) is 13.2 Å². The molecule has 0 radical (unpaired) electrons. The molecule has 0 heterocycles. The number of benzene rings is 3. The third kappa shape index (κ3) is 8.25. The zero-order chi connectivity index (χ0) is 26.7. The molecule has 6 heteroatoms. The highest BCUT2D eigenvalue weighted by Gasteiger charge is 2.20. The fourth-order valence-electron chi connectivity index (χ4n) is 3.81. The summed E-state index contributed by atoms with van der Waals surface area (Å²) in [7, 11) is 0. The van der Waals surface area contributed by atoms with E-state index in [2.05, 4.69) is 0 Å². The second kappa shape index (κ2) is 13.5. The van der Waals surface area contributed by atoms with Gasteiger partial charge in [-0.2, -0.15) is 0 Å². The molecule has 2 unspecified atom stereocenters. The van der Waals surface area contributed by atoms with Crippen molar-refractivity contribution in [3.05, 3.63) is 113 Å². The molecule has 0 aliphatic heterocycles. The van der Waals surface area contributed by atoms with Gasteiger partial charge in [-0.3, -0.25) is 4.79 Å². The quantitative estimate of drug-likeness (QED) is 0.127. The van der Waals surface area contributed by atoms with E-state index in [4.69, 9.17) is 18.9 Å². The zero-order valence-electron chi connectivity index (χ0n) is 21.8.